The number of alkyl halides is 1. The Hall–Kier alpha value is -1.06. The van der Waals surface area contributed by atoms with Gasteiger partial charge in [0.2, 0.25) is 0 Å². The SMILES string of the molecule is CC(C)CC(Cl)CNC(=O)c1cc2ccccc2s1. The Bertz CT molecular complexity index is 531. The second kappa shape index (κ2) is 6.40. The minimum absolute atomic E-state index is 0.00155. The molecule has 102 valence electrons. The zero-order valence-corrected chi connectivity index (χ0v) is 12.7. The molecule has 0 radical (unpaired) electrons. The highest BCUT2D eigenvalue weighted by molar-refractivity contribution is 7.20. The number of rotatable bonds is 5. The Labute approximate surface area is 122 Å². The van der Waals surface area contributed by atoms with Crippen LogP contribution in [0.4, 0.5) is 0 Å². The van der Waals surface area contributed by atoms with Crippen LogP contribution in [0.3, 0.4) is 0 Å². The van der Waals surface area contributed by atoms with Gasteiger partial charge in [-0.25, -0.2) is 0 Å². The lowest BCUT2D eigenvalue weighted by molar-refractivity contribution is 0.0957. The lowest BCUT2D eigenvalue weighted by Gasteiger charge is -2.12. The predicted molar refractivity (Wildman–Crippen MR) is 83.3 cm³/mol. The second-order valence-electron chi connectivity index (χ2n) is 5.09. The highest BCUT2D eigenvalue weighted by Crippen LogP contribution is 2.25. The number of carbonyl (C=O) groups is 1. The fraction of sp³-hybridized carbons (Fsp3) is 0.400. The van der Waals surface area contributed by atoms with Crippen molar-refractivity contribution in [2.75, 3.05) is 6.54 Å². The van der Waals surface area contributed by atoms with Gasteiger partial charge in [-0.05, 0) is 29.9 Å². The van der Waals surface area contributed by atoms with E-state index in [1.165, 1.54) is 11.3 Å². The first-order valence-electron chi connectivity index (χ1n) is 6.47. The lowest BCUT2D eigenvalue weighted by atomic mass is 10.1. The van der Waals surface area contributed by atoms with Crippen molar-refractivity contribution in [3.63, 3.8) is 0 Å². The molecule has 1 amide bonds. The van der Waals surface area contributed by atoms with E-state index in [1.807, 2.05) is 30.3 Å². The predicted octanol–water partition coefficient (Wildman–Crippen LogP) is 4.28. The minimum Gasteiger partial charge on any atom is -0.350 e. The monoisotopic (exact) mass is 295 g/mol. The van der Waals surface area contributed by atoms with Crippen molar-refractivity contribution in [2.24, 2.45) is 5.92 Å². The molecule has 1 aromatic carbocycles. The van der Waals surface area contributed by atoms with E-state index in [9.17, 15) is 4.79 Å². The van der Waals surface area contributed by atoms with Crippen molar-refractivity contribution in [1.29, 1.82) is 0 Å². The third kappa shape index (κ3) is 3.95. The van der Waals surface area contributed by atoms with E-state index in [2.05, 4.69) is 19.2 Å². The minimum atomic E-state index is -0.0318. The molecule has 4 heteroatoms. The number of carbonyl (C=O) groups excluding carboxylic acids is 1. The lowest BCUT2D eigenvalue weighted by Crippen LogP contribution is -2.29. The van der Waals surface area contributed by atoms with Crippen LogP contribution in [-0.4, -0.2) is 17.8 Å². The fourth-order valence-electron chi connectivity index (χ4n) is 1.98. The fourth-order valence-corrected chi connectivity index (χ4v) is 3.39. The number of fused-ring (bicyclic) bond motifs is 1. The smallest absolute Gasteiger partial charge is 0.261 e. The van der Waals surface area contributed by atoms with Gasteiger partial charge in [0.15, 0.2) is 0 Å². The summed E-state index contributed by atoms with van der Waals surface area (Å²) in [5.74, 6) is 0.513. The highest BCUT2D eigenvalue weighted by atomic mass is 35.5. The zero-order chi connectivity index (χ0) is 13.8. The Morgan fingerprint density at radius 3 is 2.79 bits per heavy atom. The Balaban J connectivity index is 1.96. The van der Waals surface area contributed by atoms with E-state index >= 15 is 0 Å². The summed E-state index contributed by atoms with van der Waals surface area (Å²) >= 11 is 7.69. The maximum Gasteiger partial charge on any atom is 0.261 e. The summed E-state index contributed by atoms with van der Waals surface area (Å²) in [5.41, 5.74) is 0. The maximum absolute atomic E-state index is 12.0. The molecular formula is C15H18ClNOS. The molecule has 1 atom stereocenters. The van der Waals surface area contributed by atoms with E-state index in [0.717, 1.165) is 21.4 Å². The van der Waals surface area contributed by atoms with E-state index in [4.69, 9.17) is 11.6 Å². The van der Waals surface area contributed by atoms with Gasteiger partial charge in [0.05, 0.1) is 10.3 Å². The van der Waals surface area contributed by atoms with E-state index in [0.29, 0.717) is 12.5 Å². The summed E-state index contributed by atoms with van der Waals surface area (Å²) in [7, 11) is 0. The van der Waals surface area contributed by atoms with E-state index < -0.39 is 0 Å². The number of nitrogens with one attached hydrogen (secondary N) is 1. The van der Waals surface area contributed by atoms with Gasteiger partial charge in [-0.3, -0.25) is 4.79 Å². The average molecular weight is 296 g/mol. The van der Waals surface area contributed by atoms with Gasteiger partial charge in [0, 0.05) is 11.2 Å². The van der Waals surface area contributed by atoms with Crippen LogP contribution in [0, 0.1) is 5.92 Å². The van der Waals surface area contributed by atoms with Gasteiger partial charge in [0.1, 0.15) is 0 Å². The molecule has 1 unspecified atom stereocenters. The molecular weight excluding hydrogens is 278 g/mol. The molecule has 0 aliphatic rings. The van der Waals surface area contributed by atoms with Crippen LogP contribution in [0.5, 0.6) is 0 Å². The molecule has 0 saturated heterocycles. The quantitative estimate of drug-likeness (QED) is 0.819. The summed E-state index contributed by atoms with van der Waals surface area (Å²) in [6, 6.07) is 9.94. The molecule has 19 heavy (non-hydrogen) atoms. The first-order valence-corrected chi connectivity index (χ1v) is 7.72. The second-order valence-corrected chi connectivity index (χ2v) is 6.79. The largest absolute Gasteiger partial charge is 0.350 e. The molecule has 1 aromatic heterocycles. The number of hydrogen-bond acceptors (Lipinski definition) is 2. The Kier molecular flexibility index (Phi) is 4.83. The van der Waals surface area contributed by atoms with Crippen molar-refractivity contribution in [3.05, 3.63) is 35.2 Å². The summed E-state index contributed by atoms with van der Waals surface area (Å²) in [6.45, 7) is 4.78. The van der Waals surface area contributed by atoms with Gasteiger partial charge < -0.3 is 5.32 Å². The van der Waals surface area contributed by atoms with Gasteiger partial charge in [-0.2, -0.15) is 0 Å². The first kappa shape index (κ1) is 14.4. The molecule has 0 spiro atoms. The van der Waals surface area contributed by atoms with Crippen molar-refractivity contribution >= 4 is 38.9 Å². The molecule has 0 bridgehead atoms. The topological polar surface area (TPSA) is 29.1 Å². The van der Waals surface area contributed by atoms with Gasteiger partial charge in [-0.15, -0.1) is 22.9 Å². The molecule has 0 aliphatic carbocycles. The Morgan fingerprint density at radius 2 is 2.11 bits per heavy atom. The van der Waals surface area contributed by atoms with E-state index in [1.54, 1.807) is 0 Å². The standard InChI is InChI=1S/C15H18ClNOS/c1-10(2)7-12(16)9-17-15(18)14-8-11-5-3-4-6-13(11)19-14/h3-6,8,10,12H,7,9H2,1-2H3,(H,17,18). The van der Waals surface area contributed by atoms with Crippen LogP contribution in [0.25, 0.3) is 10.1 Å². The highest BCUT2D eigenvalue weighted by Gasteiger charge is 2.12. The van der Waals surface area contributed by atoms with Crippen LogP contribution in [0.2, 0.25) is 0 Å². The Morgan fingerprint density at radius 1 is 1.37 bits per heavy atom. The third-order valence-electron chi connectivity index (χ3n) is 2.86. The van der Waals surface area contributed by atoms with Gasteiger partial charge in [0.25, 0.3) is 5.91 Å². The van der Waals surface area contributed by atoms with Gasteiger partial charge >= 0.3 is 0 Å². The molecule has 0 saturated carbocycles. The molecule has 2 rings (SSSR count). The van der Waals surface area contributed by atoms with E-state index in [-0.39, 0.29) is 11.3 Å². The molecule has 0 fully saturated rings. The summed E-state index contributed by atoms with van der Waals surface area (Å²) < 4.78 is 1.14. The van der Waals surface area contributed by atoms with Crippen molar-refractivity contribution in [3.8, 4) is 0 Å². The molecule has 1 heterocycles. The van der Waals surface area contributed by atoms with Crippen LogP contribution in [-0.2, 0) is 0 Å². The van der Waals surface area contributed by atoms with Crippen molar-refractivity contribution < 1.29 is 4.79 Å². The molecule has 1 N–H and O–H groups in total. The number of benzene rings is 1. The van der Waals surface area contributed by atoms with Crippen LogP contribution in [0.1, 0.15) is 29.9 Å². The third-order valence-corrected chi connectivity index (χ3v) is 4.31. The number of amides is 1. The molecule has 2 aromatic rings. The van der Waals surface area contributed by atoms with Crippen LogP contribution in [0.15, 0.2) is 30.3 Å². The number of hydrogen-bond donors (Lipinski definition) is 1. The van der Waals surface area contributed by atoms with Crippen molar-refractivity contribution in [2.45, 2.75) is 25.6 Å². The summed E-state index contributed by atoms with van der Waals surface area (Å²) in [6.07, 6.45) is 0.911. The average Bonchev–Trinajstić information content (AvgIpc) is 2.78. The van der Waals surface area contributed by atoms with Gasteiger partial charge in [-0.1, -0.05) is 32.0 Å². The molecule has 0 aliphatic heterocycles. The normalized spacial score (nSPS) is 12.8. The first-order chi connectivity index (χ1) is 9.06. The van der Waals surface area contributed by atoms with Crippen molar-refractivity contribution in [1.82, 2.24) is 5.32 Å². The number of halogens is 1. The zero-order valence-electron chi connectivity index (χ0n) is 11.2. The van der Waals surface area contributed by atoms with Crippen LogP contribution >= 0.6 is 22.9 Å². The summed E-state index contributed by atoms with van der Waals surface area (Å²) in [4.78, 5) is 12.8. The van der Waals surface area contributed by atoms with Crippen LogP contribution < -0.4 is 5.32 Å². The molecule has 2 nitrogen and oxygen atoms in total. The number of thiophene rings is 1. The maximum atomic E-state index is 12.0. The summed E-state index contributed by atoms with van der Waals surface area (Å²) in [5, 5.41) is 4.02.